The predicted octanol–water partition coefficient (Wildman–Crippen LogP) is 16.8. The lowest BCUT2D eigenvalue weighted by molar-refractivity contribution is 0.299. The van der Waals surface area contributed by atoms with E-state index in [-0.39, 0.29) is 78.1 Å². The topological polar surface area (TPSA) is 385 Å². The van der Waals surface area contributed by atoms with E-state index >= 15 is 0 Å². The molecule has 31 nitrogen and oxygen atoms in total. The fourth-order valence-corrected chi connectivity index (χ4v) is 14.4. The maximum Gasteiger partial charge on any atom is 0.274 e. The van der Waals surface area contributed by atoms with Crippen molar-refractivity contribution >= 4 is 39.7 Å². The number of benzene rings is 11. The zero-order chi connectivity index (χ0) is 94.3. The number of terminal acetylenes is 1. The number of hydrogen-bond acceptors (Lipinski definition) is 21. The van der Waals surface area contributed by atoms with Crippen LogP contribution in [0.2, 0.25) is 0 Å². The molecule has 21 aromatic rings. The molecule has 0 atom stereocenters. The second-order valence-corrected chi connectivity index (χ2v) is 31.5. The van der Waals surface area contributed by atoms with Crippen LogP contribution in [0, 0.1) is 57.2 Å². The van der Waals surface area contributed by atoms with Gasteiger partial charge in [0.1, 0.15) is 73.7 Å². The van der Waals surface area contributed by atoms with Gasteiger partial charge in [0.25, 0.3) is 56.7 Å². The van der Waals surface area contributed by atoms with Crippen molar-refractivity contribution in [3.8, 4) is 104 Å². The molecule has 10 aromatic heterocycles. The minimum atomic E-state index is -0.497. The van der Waals surface area contributed by atoms with Crippen LogP contribution in [-0.2, 0) is 33.0 Å². The van der Waals surface area contributed by atoms with Crippen LogP contribution < -0.4 is 51.5 Å². The van der Waals surface area contributed by atoms with Crippen molar-refractivity contribution in [1.82, 2.24) is 97.9 Å². The molecule has 136 heavy (non-hydrogen) atoms. The van der Waals surface area contributed by atoms with Crippen molar-refractivity contribution in [3.05, 3.63) is 422 Å². The Balaban J connectivity index is 0.000000118. The van der Waals surface area contributed by atoms with Crippen LogP contribution in [0.25, 0.3) is 96.6 Å². The normalized spacial score (nSPS) is 11.0. The van der Waals surface area contributed by atoms with Gasteiger partial charge in [-0.05, 0) is 103 Å². The van der Waals surface area contributed by atoms with Gasteiger partial charge in [0.05, 0.1) is 34.0 Å². The molecule has 32 heteroatoms. The van der Waals surface area contributed by atoms with Crippen molar-refractivity contribution in [2.24, 2.45) is 0 Å². The fraction of sp³-hybridized carbons (Fsp3) is 0.115. The predicted molar refractivity (Wildman–Crippen MR) is 512 cm³/mol. The number of rotatable bonds is 21. The third kappa shape index (κ3) is 21.0. The van der Waals surface area contributed by atoms with E-state index in [1.54, 1.807) is 6.07 Å². The SMILES string of the molecule is C#Cc1cc(F)cc(OCc2cc(=O)n3[nH]c(-c4ccccc4)nc3n2)c1.CC(C)c1cccc(OCc2cc(=O)n3[nH]c(-c4ccccc4)nc3n2)c1.Cc1ccc2ccccc2c1OCc1cc(=O)n2[nH]c(-c3ccccc3)nc2n1.Cc1cccc(OCc2cc(=O)n3[nH]c(-c4ccccc4)nc3n2)c1C.Cc1cccc(OCc2cc(=O)n3[nH]c(-c4ccccc4)nc3n2)c1C#N. The Bertz CT molecular complexity index is 8350. The molecule has 0 saturated carbocycles. The van der Waals surface area contributed by atoms with Crippen LogP contribution in [0.15, 0.2) is 321 Å². The summed E-state index contributed by atoms with van der Waals surface area (Å²) in [7, 11) is 0. The lowest BCUT2D eigenvalue weighted by Gasteiger charge is -2.12. The van der Waals surface area contributed by atoms with E-state index in [9.17, 15) is 33.6 Å². The Morgan fingerprint density at radius 2 is 0.699 bits per heavy atom. The number of hydrogen-bond donors (Lipinski definition) is 5. The van der Waals surface area contributed by atoms with Gasteiger partial charge in [0.15, 0.2) is 29.1 Å². The molecule has 672 valence electrons. The van der Waals surface area contributed by atoms with Gasteiger partial charge < -0.3 is 23.7 Å². The molecule has 5 N–H and O–H groups in total. The molecule has 0 saturated heterocycles. The highest BCUT2D eigenvalue weighted by molar-refractivity contribution is 5.89. The first kappa shape index (κ1) is 89.4. The minimum Gasteiger partial charge on any atom is -0.487 e. The molecular formula is C104H84FN21O10. The smallest absolute Gasteiger partial charge is 0.274 e. The zero-order valence-corrected chi connectivity index (χ0v) is 74.1. The maximum atomic E-state index is 13.5. The van der Waals surface area contributed by atoms with Crippen LogP contribution in [0.3, 0.4) is 0 Å². The lowest BCUT2D eigenvalue weighted by Crippen LogP contribution is -2.16. The van der Waals surface area contributed by atoms with Gasteiger partial charge in [0, 0.05) is 75.2 Å². The summed E-state index contributed by atoms with van der Waals surface area (Å²) in [5.41, 5.74) is 11.7. The molecule has 0 unspecified atom stereocenters. The molecule has 0 amide bonds. The number of aryl methyl sites for hydroxylation is 3. The highest BCUT2D eigenvalue weighted by Gasteiger charge is 2.19. The molecule has 0 bridgehead atoms. The second kappa shape index (κ2) is 40.6. The minimum absolute atomic E-state index is 0.0211. The van der Waals surface area contributed by atoms with Gasteiger partial charge in [-0.15, -0.1) is 6.42 Å². The van der Waals surface area contributed by atoms with Gasteiger partial charge in [0.2, 0.25) is 0 Å². The Morgan fingerprint density at radius 3 is 1.10 bits per heavy atom. The number of nitrogens with zero attached hydrogens (tertiary/aromatic N) is 16. The van der Waals surface area contributed by atoms with E-state index in [1.807, 2.05) is 258 Å². The molecule has 0 aliphatic heterocycles. The van der Waals surface area contributed by atoms with Crippen LogP contribution in [0.4, 0.5) is 4.39 Å². The van der Waals surface area contributed by atoms with E-state index in [0.717, 1.165) is 78.1 Å². The van der Waals surface area contributed by atoms with E-state index in [4.69, 9.17) is 30.1 Å². The van der Waals surface area contributed by atoms with E-state index in [2.05, 4.69) is 113 Å². The zero-order valence-electron chi connectivity index (χ0n) is 74.1. The van der Waals surface area contributed by atoms with Crippen molar-refractivity contribution in [3.63, 3.8) is 0 Å². The summed E-state index contributed by atoms with van der Waals surface area (Å²) in [4.78, 5) is 106. The van der Waals surface area contributed by atoms with Gasteiger partial charge in [-0.3, -0.25) is 49.5 Å². The summed E-state index contributed by atoms with van der Waals surface area (Å²) in [5, 5.41) is 26.3. The molecular weight excluding hydrogens is 1720 g/mol. The number of H-pyrrole nitrogens is 5. The average molecular weight is 1810 g/mol. The molecule has 0 fully saturated rings. The van der Waals surface area contributed by atoms with Crippen LogP contribution in [-0.4, -0.2) is 97.9 Å². The molecule has 0 spiro atoms. The first-order valence-corrected chi connectivity index (χ1v) is 42.9. The number of nitriles is 1. The Hall–Kier alpha value is -18.6. The monoisotopic (exact) mass is 1810 g/mol. The molecule has 10 heterocycles. The Morgan fingerprint density at radius 1 is 0.346 bits per heavy atom. The third-order valence-electron chi connectivity index (χ3n) is 21.6. The number of aromatic nitrogens is 20. The number of halogens is 1. The quantitative estimate of drug-likeness (QED) is 0.0417. The van der Waals surface area contributed by atoms with Gasteiger partial charge >= 0.3 is 0 Å². The standard InChI is InChI=1S/C23H18N4O2.C21H20N4O2.C20H13FN4O2.C20H15N5O2.C20H18N4O2/c1-15-11-12-16-7-5-6-10-19(16)21(15)29-14-18-13-20(28)27-23(24-18)25-22(26-27)17-8-3-2-4-9-17;1-14(2)16-9-6-10-18(11-16)27-13-17-12-19(26)25-21(22-17)23-20(24-25)15-7-4-3-5-8-15;1-2-13-8-15(21)10-17(9-13)27-12-16-11-18(26)25-20(22-16)23-19(24-25)14-6-4-3-5-7-14;1-13-6-5-9-17(16(13)11-21)27-12-15-10-18(26)25-20(22-15)23-19(24-25)14-7-3-2-4-8-14;1-13-7-6-10-17(14(13)2)26-12-16-11-18(25)24-20(21-16)22-19(23-24)15-8-4-3-5-9-15/h2-13H,14H2,1H3,(H,24,25,26);3-12,14H,13H2,1-2H3,(H,22,23,24);1,3-11H,12H2,(H,22,23,24);2-10H,12H2,1H3,(H,22,23,24);3-11H,12H2,1-2H3,(H,21,22,23). The molecule has 0 aliphatic rings. The summed E-state index contributed by atoms with van der Waals surface area (Å²) in [6.07, 6.45) is 5.29. The van der Waals surface area contributed by atoms with Crippen molar-refractivity contribution < 1.29 is 28.1 Å². The Kier molecular flexibility index (Phi) is 26.7. The highest BCUT2D eigenvalue weighted by atomic mass is 19.1. The first-order chi connectivity index (χ1) is 66.2. The molecule has 0 aliphatic carbocycles. The number of aromatic amines is 5. The summed E-state index contributed by atoms with van der Waals surface area (Å²) >= 11 is 0. The fourth-order valence-electron chi connectivity index (χ4n) is 14.4. The van der Waals surface area contributed by atoms with Gasteiger partial charge in [-0.25, -0.2) is 29.3 Å². The van der Waals surface area contributed by atoms with Gasteiger partial charge in [-0.2, -0.15) is 52.8 Å². The third-order valence-corrected chi connectivity index (χ3v) is 21.6. The largest absolute Gasteiger partial charge is 0.487 e. The van der Waals surface area contributed by atoms with Crippen LogP contribution in [0.1, 0.15) is 87.2 Å². The summed E-state index contributed by atoms with van der Waals surface area (Å²) < 4.78 is 49.1. The van der Waals surface area contributed by atoms with Crippen molar-refractivity contribution in [2.45, 2.75) is 80.5 Å². The average Bonchev–Trinajstić information content (AvgIpc) is 1.61. The summed E-state index contributed by atoms with van der Waals surface area (Å²) in [6.45, 7) is 12.8. The van der Waals surface area contributed by atoms with Crippen molar-refractivity contribution in [2.75, 3.05) is 0 Å². The van der Waals surface area contributed by atoms with E-state index in [0.29, 0.717) is 97.7 Å². The highest BCUT2D eigenvalue weighted by Crippen LogP contribution is 2.32. The number of fused-ring (bicyclic) bond motifs is 6. The molecule has 21 rings (SSSR count). The Labute approximate surface area is 773 Å². The summed E-state index contributed by atoms with van der Waals surface area (Å²) in [5.74, 6) is 9.72. The van der Waals surface area contributed by atoms with E-state index < -0.39 is 5.82 Å². The summed E-state index contributed by atoms with van der Waals surface area (Å²) in [6, 6.07) is 92.4. The van der Waals surface area contributed by atoms with Crippen LogP contribution >= 0.6 is 0 Å². The van der Waals surface area contributed by atoms with Gasteiger partial charge in [-0.1, -0.05) is 244 Å². The molecule has 11 aromatic carbocycles. The molecule has 0 radical (unpaired) electrons. The first-order valence-electron chi connectivity index (χ1n) is 42.9. The number of nitrogens with one attached hydrogen (secondary N) is 5. The van der Waals surface area contributed by atoms with Crippen molar-refractivity contribution in [1.29, 1.82) is 5.26 Å². The van der Waals surface area contributed by atoms with Crippen LogP contribution in [0.5, 0.6) is 28.7 Å². The maximum absolute atomic E-state index is 13.5. The number of ether oxygens (including phenoxy) is 5. The van der Waals surface area contributed by atoms with E-state index in [1.165, 1.54) is 76.7 Å². The second-order valence-electron chi connectivity index (χ2n) is 31.5. The lowest BCUT2D eigenvalue weighted by atomic mass is 10.0.